The van der Waals surface area contributed by atoms with Crippen molar-refractivity contribution in [3.05, 3.63) is 47.3 Å². The number of rotatable bonds is 12. The highest BCUT2D eigenvalue weighted by Gasteiger charge is 2.63. The normalized spacial score (nSPS) is 30.2. The van der Waals surface area contributed by atoms with Crippen LogP contribution in [0.5, 0.6) is 11.5 Å². The van der Waals surface area contributed by atoms with E-state index in [2.05, 4.69) is 16.4 Å². The van der Waals surface area contributed by atoms with Gasteiger partial charge in [-0.25, -0.2) is 9.48 Å². The maximum absolute atomic E-state index is 13.5. The third-order valence-electron chi connectivity index (χ3n) is 10.2. The van der Waals surface area contributed by atoms with Crippen molar-refractivity contribution in [1.82, 2.24) is 15.0 Å². The second-order valence-electron chi connectivity index (χ2n) is 14.7. The predicted molar refractivity (Wildman–Crippen MR) is 178 cm³/mol. The number of hydrogen-bond donors (Lipinski definition) is 4. The Hall–Kier alpha value is -3.52. The number of unbranched alkanes of at least 4 members (excludes halogenated alkanes) is 2. The van der Waals surface area contributed by atoms with E-state index in [4.69, 9.17) is 24.2 Å². The fraction of sp³-hybridized carbons (Fsp3) is 0.667. The Kier molecular flexibility index (Phi) is 10.6. The highest BCUT2D eigenvalue weighted by molar-refractivity contribution is 6.02. The summed E-state index contributed by atoms with van der Waals surface area (Å²) in [6, 6.07) is 3.94. The first-order chi connectivity index (χ1) is 23.5. The lowest BCUT2D eigenvalue weighted by Gasteiger charge is -2.56. The minimum Gasteiger partial charge on any atom is -0.508 e. The van der Waals surface area contributed by atoms with E-state index < -0.39 is 35.6 Å². The van der Waals surface area contributed by atoms with Crippen LogP contribution in [0.2, 0.25) is 0 Å². The van der Waals surface area contributed by atoms with Gasteiger partial charge in [-0.1, -0.05) is 29.3 Å². The van der Waals surface area contributed by atoms with E-state index in [1.807, 2.05) is 0 Å². The molecule has 49 heavy (non-hydrogen) atoms. The summed E-state index contributed by atoms with van der Waals surface area (Å²) in [6.45, 7) is 6.07. The lowest BCUT2D eigenvalue weighted by Crippen LogP contribution is -2.62. The summed E-state index contributed by atoms with van der Waals surface area (Å²) in [5.74, 6) is -3.06. The summed E-state index contributed by atoms with van der Waals surface area (Å²) in [6.07, 6.45) is 10.1. The molecule has 0 radical (unpaired) electrons. The number of hydrogen-bond acceptors (Lipinski definition) is 12. The molecule has 0 spiro atoms. The third-order valence-corrected chi connectivity index (χ3v) is 10.2. The largest absolute Gasteiger partial charge is 0.508 e. The molecule has 0 bridgehead atoms. The molecular formula is C36H50N4O9. The van der Waals surface area contributed by atoms with Gasteiger partial charge in [-0.15, -0.1) is 5.10 Å². The summed E-state index contributed by atoms with van der Waals surface area (Å²) in [4.78, 5) is 19.5. The molecule has 13 nitrogen and oxygen atoms in total. The molecule has 268 valence electrons. The number of carbonyl (C=O) groups is 1. The van der Waals surface area contributed by atoms with Crippen molar-refractivity contribution in [3.8, 4) is 11.5 Å². The SMILES string of the molecule is CC(C)(C)OC(=O)c1cnnn1[C@H]1CC(=NOC2CCCCO2)C2=C[C@H](CCCCO)[C@@H](CCCCO)[C@@H]3c4cc(O)ccc4O[C@@]1(O)[C@H]23. The first-order valence-electron chi connectivity index (χ1n) is 17.7. The second-order valence-corrected chi connectivity index (χ2v) is 14.7. The number of nitrogens with zero attached hydrogens (tertiary/aromatic N) is 4. The van der Waals surface area contributed by atoms with Gasteiger partial charge in [0.1, 0.15) is 23.1 Å². The first-order valence-corrected chi connectivity index (χ1v) is 17.7. The van der Waals surface area contributed by atoms with Crippen LogP contribution in [0.15, 0.2) is 41.2 Å². The molecule has 2 aromatic rings. The minimum atomic E-state index is -1.92. The number of oxime groups is 1. The third kappa shape index (κ3) is 7.35. The summed E-state index contributed by atoms with van der Waals surface area (Å²) in [5.41, 5.74) is 1.40. The molecule has 1 aromatic heterocycles. The highest BCUT2D eigenvalue weighted by atomic mass is 16.8. The van der Waals surface area contributed by atoms with Crippen molar-refractivity contribution in [2.45, 2.75) is 115 Å². The molecule has 4 aliphatic rings. The van der Waals surface area contributed by atoms with Gasteiger partial charge in [-0.2, -0.15) is 0 Å². The van der Waals surface area contributed by atoms with Gasteiger partial charge in [0.2, 0.25) is 12.1 Å². The zero-order chi connectivity index (χ0) is 34.8. The molecule has 1 saturated carbocycles. The van der Waals surface area contributed by atoms with Crippen LogP contribution in [0.3, 0.4) is 0 Å². The fourth-order valence-corrected chi connectivity index (χ4v) is 8.08. The van der Waals surface area contributed by atoms with Gasteiger partial charge in [0.15, 0.2) is 5.69 Å². The van der Waals surface area contributed by atoms with Crippen LogP contribution in [0.25, 0.3) is 0 Å². The molecule has 1 saturated heterocycles. The number of benzene rings is 1. The summed E-state index contributed by atoms with van der Waals surface area (Å²) in [5, 5.41) is 56.2. The van der Waals surface area contributed by atoms with Crippen LogP contribution < -0.4 is 4.74 Å². The number of carbonyl (C=O) groups excluding carboxylic acids is 1. The molecule has 1 aromatic carbocycles. The number of phenols is 1. The number of aromatic hydroxyl groups is 1. The number of phenolic OH excluding ortho intramolecular Hbond substituents is 1. The first kappa shape index (κ1) is 35.3. The lowest BCUT2D eigenvalue weighted by atomic mass is 9.55. The van der Waals surface area contributed by atoms with E-state index in [-0.39, 0.29) is 48.8 Å². The summed E-state index contributed by atoms with van der Waals surface area (Å²) < 4.78 is 19.5. The topological polar surface area (TPSA) is 178 Å². The van der Waals surface area contributed by atoms with Crippen molar-refractivity contribution in [1.29, 1.82) is 0 Å². The van der Waals surface area contributed by atoms with E-state index >= 15 is 0 Å². The zero-order valence-corrected chi connectivity index (χ0v) is 28.7. The molecule has 7 atom stereocenters. The van der Waals surface area contributed by atoms with E-state index in [1.54, 1.807) is 32.9 Å². The molecule has 3 heterocycles. The monoisotopic (exact) mass is 682 g/mol. The standard InChI is InChI=1S/C36H50N4O9/c1-35(2,3)48-34(44)28-21-37-39-40(28)30-20-27(38-49-31-12-6-9-17-46-31)25-18-22(10-4-7-15-41)24(11-5-8-16-42)32-26-19-23(43)13-14-29(26)47-36(30,45)33(25)32/h13-14,18-19,21-22,24,30-33,41-43,45H,4-12,15-17,20H2,1-3H3/t22-,24+,30-,31?,32+,33+,36+/m0/s1. The van der Waals surface area contributed by atoms with Crippen molar-refractivity contribution < 1.29 is 44.3 Å². The van der Waals surface area contributed by atoms with Crippen molar-refractivity contribution in [3.63, 3.8) is 0 Å². The fourth-order valence-electron chi connectivity index (χ4n) is 8.08. The van der Waals surface area contributed by atoms with Gasteiger partial charge < -0.3 is 39.5 Å². The Morgan fingerprint density at radius 2 is 1.90 bits per heavy atom. The molecule has 2 fully saturated rings. The average Bonchev–Trinajstić information content (AvgIpc) is 3.55. The van der Waals surface area contributed by atoms with E-state index in [0.29, 0.717) is 37.3 Å². The van der Waals surface area contributed by atoms with Crippen LogP contribution in [-0.4, -0.2) is 84.6 Å². The molecule has 2 aliphatic carbocycles. The average molecular weight is 683 g/mol. The van der Waals surface area contributed by atoms with Crippen LogP contribution in [0, 0.1) is 17.8 Å². The molecule has 4 N–H and O–H groups in total. The summed E-state index contributed by atoms with van der Waals surface area (Å²) >= 11 is 0. The number of aliphatic hydroxyl groups is 3. The van der Waals surface area contributed by atoms with E-state index in [9.17, 15) is 25.2 Å². The van der Waals surface area contributed by atoms with Crippen molar-refractivity contribution in [2.24, 2.45) is 22.9 Å². The number of aliphatic hydroxyl groups excluding tert-OH is 2. The van der Waals surface area contributed by atoms with Crippen LogP contribution >= 0.6 is 0 Å². The molecule has 1 unspecified atom stereocenters. The van der Waals surface area contributed by atoms with Gasteiger partial charge in [0.25, 0.3) is 0 Å². The predicted octanol–water partition coefficient (Wildman–Crippen LogP) is 4.76. The number of fused-ring (bicyclic) bond motifs is 2. The molecule has 0 amide bonds. The molecule has 13 heteroatoms. The van der Waals surface area contributed by atoms with Gasteiger partial charge in [-0.3, -0.25) is 0 Å². The quantitative estimate of drug-likeness (QED) is 0.138. The second kappa shape index (κ2) is 14.8. The number of allylic oxidation sites excluding steroid dienone is 1. The van der Waals surface area contributed by atoms with Crippen LogP contribution in [0.4, 0.5) is 0 Å². The van der Waals surface area contributed by atoms with Gasteiger partial charge in [0.05, 0.1) is 24.4 Å². The minimum absolute atomic E-state index is 0.0152. The maximum atomic E-state index is 13.5. The smallest absolute Gasteiger partial charge is 0.358 e. The molecule has 2 aliphatic heterocycles. The Balaban J connectivity index is 1.52. The van der Waals surface area contributed by atoms with Crippen LogP contribution in [0.1, 0.15) is 113 Å². The van der Waals surface area contributed by atoms with Crippen molar-refractivity contribution >= 4 is 11.7 Å². The number of ether oxygens (including phenoxy) is 3. The van der Waals surface area contributed by atoms with Crippen LogP contribution in [-0.2, 0) is 14.3 Å². The number of esters is 1. The molecular weight excluding hydrogens is 632 g/mol. The van der Waals surface area contributed by atoms with Gasteiger partial charge >= 0.3 is 5.97 Å². The Morgan fingerprint density at radius 3 is 2.61 bits per heavy atom. The van der Waals surface area contributed by atoms with Gasteiger partial charge in [0, 0.05) is 37.5 Å². The molecule has 6 rings (SSSR count). The summed E-state index contributed by atoms with van der Waals surface area (Å²) in [7, 11) is 0. The zero-order valence-electron chi connectivity index (χ0n) is 28.7. The van der Waals surface area contributed by atoms with E-state index in [1.165, 1.54) is 16.9 Å². The lowest BCUT2D eigenvalue weighted by molar-refractivity contribution is -0.225. The van der Waals surface area contributed by atoms with Gasteiger partial charge in [-0.05, 0) is 94.9 Å². The highest BCUT2D eigenvalue weighted by Crippen LogP contribution is 2.62. The van der Waals surface area contributed by atoms with E-state index in [0.717, 1.165) is 49.7 Å². The Labute approximate surface area is 286 Å². The van der Waals surface area contributed by atoms with Crippen molar-refractivity contribution in [2.75, 3.05) is 19.8 Å². The Morgan fingerprint density at radius 1 is 1.12 bits per heavy atom. The maximum Gasteiger partial charge on any atom is 0.358 e. The number of aromatic nitrogens is 3. The Bertz CT molecular complexity index is 1530.